The minimum atomic E-state index is 0.853. The molecule has 4 heteroatoms. The van der Waals surface area contributed by atoms with E-state index in [-0.39, 0.29) is 0 Å². The lowest BCUT2D eigenvalue weighted by Crippen LogP contribution is -2.21. The number of hydrogen-bond donors (Lipinski definition) is 1. The first kappa shape index (κ1) is 10.0. The van der Waals surface area contributed by atoms with Gasteiger partial charge >= 0.3 is 0 Å². The van der Waals surface area contributed by atoms with Crippen LogP contribution in [0.1, 0.15) is 24.8 Å². The largest absolute Gasteiger partial charge is 0.369 e. The van der Waals surface area contributed by atoms with E-state index in [9.17, 15) is 0 Å². The molecule has 0 bridgehead atoms. The molecule has 2 aromatic rings. The number of rotatable bonds is 3. The van der Waals surface area contributed by atoms with Gasteiger partial charge < -0.3 is 5.32 Å². The topological polar surface area (TPSA) is 37.8 Å². The Kier molecular flexibility index (Phi) is 2.52. The molecule has 0 radical (unpaired) electrons. The predicted octanol–water partition coefficient (Wildman–Crippen LogP) is 3.21. The lowest BCUT2D eigenvalue weighted by Gasteiger charge is -2.25. The van der Waals surface area contributed by atoms with E-state index < -0.39 is 0 Å². The highest BCUT2D eigenvalue weighted by Crippen LogP contribution is 2.30. The molecule has 1 fully saturated rings. The third kappa shape index (κ3) is 1.67. The second-order valence-electron chi connectivity index (χ2n) is 4.50. The highest BCUT2D eigenvalue weighted by molar-refractivity contribution is 7.18. The summed E-state index contributed by atoms with van der Waals surface area (Å²) in [6, 6.07) is 0. The average Bonchev–Trinajstić information content (AvgIpc) is 2.60. The Balaban J connectivity index is 1.84. The summed E-state index contributed by atoms with van der Waals surface area (Å²) >= 11 is 1.73. The average molecular weight is 233 g/mol. The summed E-state index contributed by atoms with van der Waals surface area (Å²) < 4.78 is 1.19. The highest BCUT2D eigenvalue weighted by Gasteiger charge is 2.17. The summed E-state index contributed by atoms with van der Waals surface area (Å²) in [6.07, 6.45) is 5.78. The first-order chi connectivity index (χ1) is 7.84. The molecule has 2 aromatic heterocycles. The Morgan fingerprint density at radius 1 is 1.44 bits per heavy atom. The first-order valence-corrected chi connectivity index (χ1v) is 6.65. The van der Waals surface area contributed by atoms with Crippen LogP contribution in [0.5, 0.6) is 0 Å². The molecule has 0 aromatic carbocycles. The number of nitrogens with one attached hydrogen (secondary N) is 1. The molecule has 1 N–H and O–H groups in total. The Labute approximate surface area is 98.9 Å². The van der Waals surface area contributed by atoms with Crippen LogP contribution in [0, 0.1) is 12.8 Å². The van der Waals surface area contributed by atoms with Crippen molar-refractivity contribution in [3.8, 4) is 0 Å². The Hall–Kier alpha value is -1.16. The Bertz CT molecular complexity index is 502. The van der Waals surface area contributed by atoms with Crippen LogP contribution in [0.3, 0.4) is 0 Å². The van der Waals surface area contributed by atoms with E-state index in [1.54, 1.807) is 17.7 Å². The molecule has 0 atom stereocenters. The van der Waals surface area contributed by atoms with E-state index in [2.05, 4.69) is 27.6 Å². The minimum absolute atomic E-state index is 0.853. The van der Waals surface area contributed by atoms with Gasteiger partial charge in [-0.15, -0.1) is 11.3 Å². The number of hydrogen-bond acceptors (Lipinski definition) is 4. The highest BCUT2D eigenvalue weighted by atomic mass is 32.1. The number of anilines is 1. The van der Waals surface area contributed by atoms with Gasteiger partial charge in [0.2, 0.25) is 0 Å². The molecule has 2 heterocycles. The van der Waals surface area contributed by atoms with Crippen molar-refractivity contribution in [1.82, 2.24) is 9.97 Å². The maximum Gasteiger partial charge on any atom is 0.147 e. The van der Waals surface area contributed by atoms with Gasteiger partial charge in [-0.05, 0) is 36.6 Å². The molecule has 0 amide bonds. The summed E-state index contributed by atoms with van der Waals surface area (Å²) in [5.74, 6) is 1.86. The third-order valence-electron chi connectivity index (χ3n) is 3.31. The molecule has 0 saturated heterocycles. The van der Waals surface area contributed by atoms with Crippen LogP contribution in [-0.4, -0.2) is 16.5 Å². The lowest BCUT2D eigenvalue weighted by molar-refractivity contribution is 0.333. The molecule has 0 aliphatic heterocycles. The van der Waals surface area contributed by atoms with E-state index in [1.165, 1.54) is 29.5 Å². The van der Waals surface area contributed by atoms with Gasteiger partial charge in [-0.25, -0.2) is 9.97 Å². The van der Waals surface area contributed by atoms with Crippen LogP contribution in [-0.2, 0) is 0 Å². The van der Waals surface area contributed by atoms with E-state index in [0.717, 1.165) is 23.8 Å². The molecular weight excluding hydrogens is 218 g/mol. The minimum Gasteiger partial charge on any atom is -0.369 e. The molecule has 1 saturated carbocycles. The van der Waals surface area contributed by atoms with Gasteiger partial charge in [-0.2, -0.15) is 0 Å². The number of thiophene rings is 1. The first-order valence-electron chi connectivity index (χ1n) is 5.77. The summed E-state index contributed by atoms with van der Waals surface area (Å²) in [5, 5.41) is 5.61. The SMILES string of the molecule is Cc1csc2c(NCC3CCC3)ncnc12. The van der Waals surface area contributed by atoms with Gasteiger partial charge in [0, 0.05) is 6.54 Å². The standard InChI is InChI=1S/C12H15N3S/c1-8-6-16-11-10(8)14-7-15-12(11)13-5-9-3-2-4-9/h6-7,9H,2-5H2,1H3,(H,13,14,15). The Morgan fingerprint density at radius 2 is 2.31 bits per heavy atom. The van der Waals surface area contributed by atoms with E-state index in [0.29, 0.717) is 0 Å². The predicted molar refractivity (Wildman–Crippen MR) is 68.0 cm³/mol. The van der Waals surface area contributed by atoms with Crippen molar-refractivity contribution < 1.29 is 0 Å². The zero-order valence-corrected chi connectivity index (χ0v) is 10.2. The molecular formula is C12H15N3S. The fourth-order valence-electron chi connectivity index (χ4n) is 2.03. The van der Waals surface area contributed by atoms with E-state index >= 15 is 0 Å². The van der Waals surface area contributed by atoms with Crippen molar-refractivity contribution in [2.75, 3.05) is 11.9 Å². The van der Waals surface area contributed by atoms with Crippen LogP contribution < -0.4 is 5.32 Å². The van der Waals surface area contributed by atoms with Crippen LogP contribution in [0.25, 0.3) is 10.2 Å². The quantitative estimate of drug-likeness (QED) is 0.884. The van der Waals surface area contributed by atoms with Crippen molar-refractivity contribution in [3.05, 3.63) is 17.3 Å². The molecule has 3 nitrogen and oxygen atoms in total. The fourth-order valence-corrected chi connectivity index (χ4v) is 3.00. The van der Waals surface area contributed by atoms with Gasteiger partial charge in [-0.3, -0.25) is 0 Å². The normalized spacial score (nSPS) is 16.3. The summed E-state index contributed by atoms with van der Waals surface area (Å²) in [5.41, 5.74) is 2.34. The Morgan fingerprint density at radius 3 is 3.06 bits per heavy atom. The second-order valence-corrected chi connectivity index (χ2v) is 5.38. The number of fused-ring (bicyclic) bond motifs is 1. The third-order valence-corrected chi connectivity index (χ3v) is 4.41. The molecule has 1 aliphatic rings. The fraction of sp³-hybridized carbons (Fsp3) is 0.500. The van der Waals surface area contributed by atoms with Crippen molar-refractivity contribution in [1.29, 1.82) is 0 Å². The number of aromatic nitrogens is 2. The molecule has 16 heavy (non-hydrogen) atoms. The number of nitrogens with zero attached hydrogens (tertiary/aromatic N) is 2. The molecule has 1 aliphatic carbocycles. The zero-order chi connectivity index (χ0) is 11.0. The van der Waals surface area contributed by atoms with Crippen LogP contribution in [0.2, 0.25) is 0 Å². The van der Waals surface area contributed by atoms with Gasteiger partial charge in [0.25, 0.3) is 0 Å². The molecule has 0 unspecified atom stereocenters. The van der Waals surface area contributed by atoms with Crippen molar-refractivity contribution in [3.63, 3.8) is 0 Å². The van der Waals surface area contributed by atoms with Crippen LogP contribution >= 0.6 is 11.3 Å². The van der Waals surface area contributed by atoms with E-state index in [1.807, 2.05) is 0 Å². The van der Waals surface area contributed by atoms with Crippen molar-refractivity contribution >= 4 is 27.4 Å². The molecule has 0 spiro atoms. The van der Waals surface area contributed by atoms with E-state index in [4.69, 9.17) is 0 Å². The lowest BCUT2D eigenvalue weighted by atomic mass is 9.85. The maximum absolute atomic E-state index is 4.34. The van der Waals surface area contributed by atoms with Crippen LogP contribution in [0.4, 0.5) is 5.82 Å². The molecule has 84 valence electrons. The second kappa shape index (κ2) is 4.01. The van der Waals surface area contributed by atoms with Crippen molar-refractivity contribution in [2.45, 2.75) is 26.2 Å². The summed E-state index contributed by atoms with van der Waals surface area (Å²) in [6.45, 7) is 3.16. The van der Waals surface area contributed by atoms with Gasteiger partial charge in [0.05, 0.1) is 10.2 Å². The number of aryl methyl sites for hydroxylation is 1. The van der Waals surface area contributed by atoms with Crippen LogP contribution in [0.15, 0.2) is 11.7 Å². The van der Waals surface area contributed by atoms with Gasteiger partial charge in [0.15, 0.2) is 0 Å². The van der Waals surface area contributed by atoms with Crippen molar-refractivity contribution in [2.24, 2.45) is 5.92 Å². The maximum atomic E-state index is 4.34. The van der Waals surface area contributed by atoms with Gasteiger partial charge in [-0.1, -0.05) is 6.42 Å². The summed E-state index contributed by atoms with van der Waals surface area (Å²) in [4.78, 5) is 8.66. The smallest absolute Gasteiger partial charge is 0.147 e. The summed E-state index contributed by atoms with van der Waals surface area (Å²) in [7, 11) is 0. The monoisotopic (exact) mass is 233 g/mol. The van der Waals surface area contributed by atoms with Gasteiger partial charge in [0.1, 0.15) is 12.1 Å². The zero-order valence-electron chi connectivity index (χ0n) is 9.36. The molecule has 3 rings (SSSR count).